The molecule has 140 valence electrons. The van der Waals surface area contributed by atoms with E-state index in [0.717, 1.165) is 24.9 Å². The molecule has 0 spiro atoms. The molecule has 1 atom stereocenters. The van der Waals surface area contributed by atoms with Gasteiger partial charge in [-0.3, -0.25) is 0 Å². The van der Waals surface area contributed by atoms with Crippen LogP contribution in [0, 0.1) is 5.82 Å². The summed E-state index contributed by atoms with van der Waals surface area (Å²) >= 11 is 0. The van der Waals surface area contributed by atoms with Crippen molar-refractivity contribution < 1.29 is 12.8 Å². The molecule has 1 N–H and O–H groups in total. The Labute approximate surface area is 153 Å². The third kappa shape index (κ3) is 4.37. The average molecular weight is 378 g/mol. The summed E-state index contributed by atoms with van der Waals surface area (Å²) in [6.07, 6.45) is 4.47. The van der Waals surface area contributed by atoms with Crippen LogP contribution in [0.4, 0.5) is 10.3 Å². The Balaban J connectivity index is 1.91. The minimum absolute atomic E-state index is 0.0504. The maximum atomic E-state index is 13.1. The summed E-state index contributed by atoms with van der Waals surface area (Å²) in [5.74, 6) is 0.231. The monoisotopic (exact) mass is 378 g/mol. The fourth-order valence-corrected chi connectivity index (χ4v) is 3.99. The van der Waals surface area contributed by atoms with Crippen molar-refractivity contribution in [3.05, 3.63) is 47.5 Å². The molecule has 0 saturated carbocycles. The van der Waals surface area contributed by atoms with E-state index in [1.165, 1.54) is 24.6 Å². The van der Waals surface area contributed by atoms with Gasteiger partial charge in [-0.1, -0.05) is 12.1 Å². The lowest BCUT2D eigenvalue weighted by molar-refractivity contribution is 0.447. The van der Waals surface area contributed by atoms with E-state index in [2.05, 4.69) is 15.3 Å². The largest absolute Gasteiger partial charge is 0.340 e. The fraction of sp³-hybridized carbons (Fsp3) is 0.444. The molecule has 1 saturated heterocycles. The van der Waals surface area contributed by atoms with Crippen molar-refractivity contribution in [1.82, 2.24) is 15.3 Å². The van der Waals surface area contributed by atoms with Gasteiger partial charge in [0.2, 0.25) is 5.95 Å². The highest BCUT2D eigenvalue weighted by molar-refractivity contribution is 7.90. The molecule has 0 aliphatic carbocycles. The van der Waals surface area contributed by atoms with Crippen LogP contribution in [-0.2, 0) is 16.4 Å². The van der Waals surface area contributed by atoms with E-state index >= 15 is 0 Å². The van der Waals surface area contributed by atoms with E-state index in [4.69, 9.17) is 0 Å². The molecule has 0 bridgehead atoms. The molecule has 6 nitrogen and oxygen atoms in total. The van der Waals surface area contributed by atoms with Gasteiger partial charge in [0.05, 0.1) is 11.9 Å². The molecule has 1 aromatic heterocycles. The molecule has 0 amide bonds. The summed E-state index contributed by atoms with van der Waals surface area (Å²) in [5, 5.41) is 3.30. The zero-order valence-corrected chi connectivity index (χ0v) is 15.8. The van der Waals surface area contributed by atoms with E-state index in [1.807, 2.05) is 11.9 Å². The standard InChI is InChI=1S/C18H23FN4O2S/c1-23(12-13-5-7-15(19)8-6-13)18-21-11-16(26(2,24)25)17(22-18)14-4-3-9-20-10-14/h5-8,11,14,20H,3-4,9-10,12H2,1-2H3. The second kappa shape index (κ2) is 7.67. The van der Waals surface area contributed by atoms with Crippen LogP contribution >= 0.6 is 0 Å². The predicted molar refractivity (Wildman–Crippen MR) is 98.5 cm³/mol. The first-order valence-corrected chi connectivity index (χ1v) is 10.5. The quantitative estimate of drug-likeness (QED) is 0.859. The summed E-state index contributed by atoms with van der Waals surface area (Å²) in [6, 6.07) is 6.25. The van der Waals surface area contributed by atoms with Crippen LogP contribution in [0.25, 0.3) is 0 Å². The highest BCUT2D eigenvalue weighted by Crippen LogP contribution is 2.28. The van der Waals surface area contributed by atoms with E-state index in [1.54, 1.807) is 12.1 Å². The topological polar surface area (TPSA) is 75.2 Å². The van der Waals surface area contributed by atoms with E-state index in [9.17, 15) is 12.8 Å². The molecule has 1 aliphatic heterocycles. The third-order valence-electron chi connectivity index (χ3n) is 4.53. The van der Waals surface area contributed by atoms with E-state index < -0.39 is 9.84 Å². The lowest BCUT2D eigenvalue weighted by Crippen LogP contribution is -2.30. The lowest BCUT2D eigenvalue weighted by Gasteiger charge is -2.25. The number of sulfone groups is 1. The maximum Gasteiger partial charge on any atom is 0.225 e. The SMILES string of the molecule is CN(Cc1ccc(F)cc1)c1ncc(S(C)(=O)=O)c(C2CCCNC2)n1. The van der Waals surface area contributed by atoms with Crippen LogP contribution < -0.4 is 10.2 Å². The van der Waals surface area contributed by atoms with Crippen molar-refractivity contribution in [1.29, 1.82) is 0 Å². The maximum absolute atomic E-state index is 13.1. The lowest BCUT2D eigenvalue weighted by atomic mass is 9.96. The molecule has 1 fully saturated rings. The Morgan fingerprint density at radius 3 is 2.65 bits per heavy atom. The molecular weight excluding hydrogens is 355 g/mol. The van der Waals surface area contributed by atoms with Crippen LogP contribution in [0.15, 0.2) is 35.4 Å². The van der Waals surface area contributed by atoms with Crippen molar-refractivity contribution in [3.8, 4) is 0 Å². The van der Waals surface area contributed by atoms with Gasteiger partial charge in [-0.25, -0.2) is 22.8 Å². The summed E-state index contributed by atoms with van der Waals surface area (Å²) in [6.45, 7) is 2.15. The van der Waals surface area contributed by atoms with Gasteiger partial charge in [-0.15, -0.1) is 0 Å². The van der Waals surface area contributed by atoms with Crippen molar-refractivity contribution in [2.75, 3.05) is 31.3 Å². The van der Waals surface area contributed by atoms with Gasteiger partial charge in [0, 0.05) is 32.3 Å². The highest BCUT2D eigenvalue weighted by Gasteiger charge is 2.25. The van der Waals surface area contributed by atoms with Gasteiger partial charge < -0.3 is 10.2 Å². The number of rotatable bonds is 5. The molecule has 8 heteroatoms. The number of hydrogen-bond acceptors (Lipinski definition) is 6. The Morgan fingerprint density at radius 1 is 1.31 bits per heavy atom. The summed E-state index contributed by atoms with van der Waals surface area (Å²) < 4.78 is 37.4. The zero-order valence-electron chi connectivity index (χ0n) is 14.9. The first kappa shape index (κ1) is 18.7. The molecule has 1 unspecified atom stereocenters. The van der Waals surface area contributed by atoms with Crippen LogP contribution in [0.2, 0.25) is 0 Å². The van der Waals surface area contributed by atoms with Crippen LogP contribution in [0.1, 0.15) is 30.0 Å². The smallest absolute Gasteiger partial charge is 0.225 e. The normalized spacial score (nSPS) is 17.9. The number of hydrogen-bond donors (Lipinski definition) is 1. The highest BCUT2D eigenvalue weighted by atomic mass is 32.2. The minimum atomic E-state index is -3.40. The number of nitrogens with one attached hydrogen (secondary N) is 1. The van der Waals surface area contributed by atoms with E-state index in [0.29, 0.717) is 24.7 Å². The van der Waals surface area contributed by atoms with Gasteiger partial charge in [0.25, 0.3) is 0 Å². The Bertz CT molecular complexity index is 865. The molecule has 2 aromatic rings. The third-order valence-corrected chi connectivity index (χ3v) is 5.64. The van der Waals surface area contributed by atoms with Crippen molar-refractivity contribution in [3.63, 3.8) is 0 Å². The molecule has 1 aromatic carbocycles. The molecular formula is C18H23FN4O2S. The summed E-state index contributed by atoms with van der Waals surface area (Å²) in [7, 11) is -1.57. The van der Waals surface area contributed by atoms with Crippen molar-refractivity contribution in [2.45, 2.75) is 30.2 Å². The number of piperidine rings is 1. The van der Waals surface area contributed by atoms with Crippen molar-refractivity contribution in [2.24, 2.45) is 0 Å². The van der Waals surface area contributed by atoms with Gasteiger partial charge in [-0.2, -0.15) is 0 Å². The molecule has 3 rings (SSSR count). The van der Waals surface area contributed by atoms with Crippen LogP contribution in [0.3, 0.4) is 0 Å². The molecule has 2 heterocycles. The first-order chi connectivity index (χ1) is 12.3. The van der Waals surface area contributed by atoms with Gasteiger partial charge in [-0.05, 0) is 37.1 Å². The first-order valence-electron chi connectivity index (χ1n) is 8.58. The zero-order chi connectivity index (χ0) is 18.7. The second-order valence-electron chi connectivity index (χ2n) is 6.72. The number of nitrogens with zero attached hydrogens (tertiary/aromatic N) is 3. The number of benzene rings is 1. The van der Waals surface area contributed by atoms with Crippen molar-refractivity contribution >= 4 is 15.8 Å². The Kier molecular flexibility index (Phi) is 5.52. The number of anilines is 1. The fourth-order valence-electron chi connectivity index (χ4n) is 3.16. The van der Waals surface area contributed by atoms with Gasteiger partial charge >= 0.3 is 0 Å². The Hall–Kier alpha value is -2.06. The number of halogens is 1. The average Bonchev–Trinajstić information content (AvgIpc) is 2.63. The van der Waals surface area contributed by atoms with E-state index in [-0.39, 0.29) is 16.6 Å². The predicted octanol–water partition coefficient (Wildman–Crippen LogP) is 2.12. The van der Waals surface area contributed by atoms with Gasteiger partial charge in [0.1, 0.15) is 10.7 Å². The molecule has 26 heavy (non-hydrogen) atoms. The number of aromatic nitrogens is 2. The summed E-state index contributed by atoms with van der Waals surface area (Å²) in [5.41, 5.74) is 1.50. The molecule has 1 aliphatic rings. The molecule has 0 radical (unpaired) electrons. The van der Waals surface area contributed by atoms with Gasteiger partial charge in [0.15, 0.2) is 9.84 Å². The summed E-state index contributed by atoms with van der Waals surface area (Å²) in [4.78, 5) is 10.9. The van der Waals surface area contributed by atoms with Crippen LogP contribution in [-0.4, -0.2) is 44.8 Å². The minimum Gasteiger partial charge on any atom is -0.340 e. The van der Waals surface area contributed by atoms with Crippen LogP contribution in [0.5, 0.6) is 0 Å². The second-order valence-corrected chi connectivity index (χ2v) is 8.70. The Morgan fingerprint density at radius 2 is 2.04 bits per heavy atom.